The molecule has 0 radical (unpaired) electrons. The van der Waals surface area contributed by atoms with Crippen LogP contribution in [0.4, 0.5) is 0 Å². The molecule has 2 N–H and O–H groups in total. The Balaban J connectivity index is 2.11. The van der Waals surface area contributed by atoms with Gasteiger partial charge in [0.25, 0.3) is 0 Å². The highest BCUT2D eigenvalue weighted by Gasteiger charge is 2.14. The SMILES string of the molecule is Cc1ccc(CN2CCOCC2)cc1C(=O)ON. The second-order valence-electron chi connectivity index (χ2n) is 4.44. The number of aryl methyl sites for hydroxylation is 1. The van der Waals surface area contributed by atoms with Crippen LogP contribution in [0, 0.1) is 6.92 Å². The lowest BCUT2D eigenvalue weighted by molar-refractivity contribution is 0.0341. The minimum absolute atomic E-state index is 0.490. The smallest absolute Gasteiger partial charge is 0.356 e. The quantitative estimate of drug-likeness (QED) is 0.806. The molecule has 0 bridgehead atoms. The summed E-state index contributed by atoms with van der Waals surface area (Å²) in [7, 11) is 0. The second-order valence-corrected chi connectivity index (χ2v) is 4.44. The van der Waals surface area contributed by atoms with E-state index in [1.54, 1.807) is 0 Å². The van der Waals surface area contributed by atoms with E-state index in [1.807, 2.05) is 25.1 Å². The van der Waals surface area contributed by atoms with E-state index >= 15 is 0 Å². The lowest BCUT2D eigenvalue weighted by atomic mass is 10.0. The molecule has 1 heterocycles. The number of hydrogen-bond donors (Lipinski definition) is 1. The molecule has 1 fully saturated rings. The first-order valence-corrected chi connectivity index (χ1v) is 6.01. The molecule has 0 spiro atoms. The zero-order chi connectivity index (χ0) is 13.0. The van der Waals surface area contributed by atoms with Crippen LogP contribution in [0.5, 0.6) is 0 Å². The van der Waals surface area contributed by atoms with E-state index in [0.717, 1.165) is 44.0 Å². The summed E-state index contributed by atoms with van der Waals surface area (Å²) in [4.78, 5) is 18.1. The van der Waals surface area contributed by atoms with E-state index < -0.39 is 5.97 Å². The molecule has 0 atom stereocenters. The highest BCUT2D eigenvalue weighted by atomic mass is 16.7. The molecule has 2 rings (SSSR count). The summed E-state index contributed by atoms with van der Waals surface area (Å²) < 4.78 is 5.30. The summed E-state index contributed by atoms with van der Waals surface area (Å²) in [5, 5.41) is 0. The summed E-state index contributed by atoms with van der Waals surface area (Å²) in [6.45, 7) is 6.06. The first-order valence-electron chi connectivity index (χ1n) is 6.01. The molecule has 0 unspecified atom stereocenters. The molecule has 1 aliphatic rings. The van der Waals surface area contributed by atoms with Crippen molar-refractivity contribution in [3.8, 4) is 0 Å². The number of nitrogens with zero attached hydrogens (tertiary/aromatic N) is 1. The zero-order valence-electron chi connectivity index (χ0n) is 10.5. The van der Waals surface area contributed by atoms with Crippen molar-refractivity contribution in [2.45, 2.75) is 13.5 Å². The van der Waals surface area contributed by atoms with E-state index in [0.29, 0.717) is 5.56 Å². The number of morpholine rings is 1. The monoisotopic (exact) mass is 250 g/mol. The van der Waals surface area contributed by atoms with Crippen LogP contribution in [-0.4, -0.2) is 37.2 Å². The van der Waals surface area contributed by atoms with Crippen LogP contribution in [0.15, 0.2) is 18.2 Å². The third-order valence-electron chi connectivity index (χ3n) is 3.14. The maximum absolute atomic E-state index is 11.5. The Morgan fingerprint density at radius 1 is 1.44 bits per heavy atom. The van der Waals surface area contributed by atoms with Gasteiger partial charge in [0.1, 0.15) is 0 Å². The standard InChI is InChI=1S/C13H18N2O3/c1-10-2-3-11(8-12(10)13(16)18-14)9-15-4-6-17-7-5-15/h2-3,8H,4-7,9,14H2,1H3. The van der Waals surface area contributed by atoms with Crippen molar-refractivity contribution in [2.24, 2.45) is 5.90 Å². The summed E-state index contributed by atoms with van der Waals surface area (Å²) in [6, 6.07) is 5.79. The third kappa shape index (κ3) is 3.07. The van der Waals surface area contributed by atoms with Crippen molar-refractivity contribution < 1.29 is 14.4 Å². The zero-order valence-corrected chi connectivity index (χ0v) is 10.5. The van der Waals surface area contributed by atoms with Crippen LogP contribution in [0.3, 0.4) is 0 Å². The molecule has 1 saturated heterocycles. The predicted octanol–water partition coefficient (Wildman–Crippen LogP) is 0.858. The molecular weight excluding hydrogens is 232 g/mol. The number of hydrogen-bond acceptors (Lipinski definition) is 5. The van der Waals surface area contributed by atoms with Gasteiger partial charge in [0, 0.05) is 19.6 Å². The predicted molar refractivity (Wildman–Crippen MR) is 66.9 cm³/mol. The molecule has 5 heteroatoms. The molecule has 5 nitrogen and oxygen atoms in total. The summed E-state index contributed by atoms with van der Waals surface area (Å²) >= 11 is 0. The van der Waals surface area contributed by atoms with Crippen LogP contribution >= 0.6 is 0 Å². The Morgan fingerprint density at radius 3 is 2.83 bits per heavy atom. The number of rotatable bonds is 3. The van der Waals surface area contributed by atoms with Gasteiger partial charge in [0.15, 0.2) is 0 Å². The van der Waals surface area contributed by atoms with Gasteiger partial charge in [0.2, 0.25) is 0 Å². The maximum atomic E-state index is 11.5. The molecule has 0 amide bonds. The molecular formula is C13H18N2O3. The van der Waals surface area contributed by atoms with Gasteiger partial charge in [-0.25, -0.2) is 4.79 Å². The van der Waals surface area contributed by atoms with Gasteiger partial charge in [-0.1, -0.05) is 12.1 Å². The van der Waals surface area contributed by atoms with E-state index in [9.17, 15) is 4.79 Å². The fourth-order valence-corrected chi connectivity index (χ4v) is 2.07. The highest BCUT2D eigenvalue weighted by Crippen LogP contribution is 2.14. The minimum Gasteiger partial charge on any atom is -0.379 e. The number of ether oxygens (including phenoxy) is 1. The van der Waals surface area contributed by atoms with Crippen molar-refractivity contribution >= 4 is 5.97 Å². The van der Waals surface area contributed by atoms with E-state index in [2.05, 4.69) is 9.74 Å². The van der Waals surface area contributed by atoms with E-state index in [1.165, 1.54) is 0 Å². The Kier molecular flexibility index (Phi) is 4.30. The molecule has 18 heavy (non-hydrogen) atoms. The second kappa shape index (κ2) is 5.95. The molecule has 0 aliphatic carbocycles. The average Bonchev–Trinajstić information content (AvgIpc) is 2.41. The summed E-state index contributed by atoms with van der Waals surface area (Å²) in [5.41, 5.74) is 2.49. The van der Waals surface area contributed by atoms with Crippen LogP contribution in [-0.2, 0) is 16.1 Å². The Labute approximate surface area is 106 Å². The molecule has 98 valence electrons. The highest BCUT2D eigenvalue weighted by molar-refractivity contribution is 5.91. The maximum Gasteiger partial charge on any atom is 0.356 e. The van der Waals surface area contributed by atoms with Crippen LogP contribution in [0.25, 0.3) is 0 Å². The van der Waals surface area contributed by atoms with Gasteiger partial charge in [-0.15, -0.1) is 0 Å². The number of nitrogens with two attached hydrogens (primary N) is 1. The summed E-state index contributed by atoms with van der Waals surface area (Å²) in [6.07, 6.45) is 0. The fraction of sp³-hybridized carbons (Fsp3) is 0.462. The van der Waals surface area contributed by atoms with Crippen LogP contribution in [0.1, 0.15) is 21.5 Å². The molecule has 1 aromatic rings. The molecule has 1 aliphatic heterocycles. The topological polar surface area (TPSA) is 64.8 Å². The van der Waals surface area contributed by atoms with E-state index in [4.69, 9.17) is 10.6 Å². The van der Waals surface area contributed by atoms with Crippen molar-refractivity contribution in [1.82, 2.24) is 4.90 Å². The average molecular weight is 250 g/mol. The van der Waals surface area contributed by atoms with Crippen molar-refractivity contribution in [2.75, 3.05) is 26.3 Å². The van der Waals surface area contributed by atoms with Crippen LogP contribution in [0.2, 0.25) is 0 Å². The molecule has 0 aromatic heterocycles. The molecule has 0 saturated carbocycles. The summed E-state index contributed by atoms with van der Waals surface area (Å²) in [5.74, 6) is 4.44. The Bertz CT molecular complexity index is 428. The lowest BCUT2D eigenvalue weighted by Gasteiger charge is -2.26. The van der Waals surface area contributed by atoms with Gasteiger partial charge in [-0.3, -0.25) is 4.90 Å². The van der Waals surface area contributed by atoms with Crippen molar-refractivity contribution in [3.63, 3.8) is 0 Å². The van der Waals surface area contributed by atoms with Gasteiger partial charge >= 0.3 is 5.97 Å². The third-order valence-corrected chi connectivity index (χ3v) is 3.14. The Morgan fingerprint density at radius 2 is 2.17 bits per heavy atom. The van der Waals surface area contributed by atoms with Gasteiger partial charge in [-0.05, 0) is 24.1 Å². The first kappa shape index (κ1) is 13.0. The van der Waals surface area contributed by atoms with E-state index in [-0.39, 0.29) is 0 Å². The fourth-order valence-electron chi connectivity index (χ4n) is 2.07. The minimum atomic E-state index is -0.490. The number of benzene rings is 1. The van der Waals surface area contributed by atoms with Crippen LogP contribution < -0.4 is 5.90 Å². The normalized spacial score (nSPS) is 16.6. The van der Waals surface area contributed by atoms with Gasteiger partial charge in [-0.2, -0.15) is 5.90 Å². The van der Waals surface area contributed by atoms with Crippen molar-refractivity contribution in [3.05, 3.63) is 34.9 Å². The Hall–Kier alpha value is -1.43. The largest absolute Gasteiger partial charge is 0.379 e. The van der Waals surface area contributed by atoms with Gasteiger partial charge < -0.3 is 9.57 Å². The van der Waals surface area contributed by atoms with Crippen molar-refractivity contribution in [1.29, 1.82) is 0 Å². The number of carbonyl (C=O) groups is 1. The molecule has 1 aromatic carbocycles. The lowest BCUT2D eigenvalue weighted by Crippen LogP contribution is -2.35. The number of carbonyl (C=O) groups excluding carboxylic acids is 1. The first-order chi connectivity index (χ1) is 8.70. The van der Waals surface area contributed by atoms with Gasteiger partial charge in [0.05, 0.1) is 18.8 Å².